The molecule has 0 bridgehead atoms. The van der Waals surface area contributed by atoms with Crippen molar-refractivity contribution in [1.29, 1.82) is 0 Å². The molecule has 0 aromatic rings. The Hall–Kier alpha value is -0.950. The van der Waals surface area contributed by atoms with E-state index in [4.69, 9.17) is 14.6 Å². The molecule has 1 fully saturated rings. The Bertz CT molecular complexity index is 293. The highest BCUT2D eigenvalue weighted by Crippen LogP contribution is 2.19. The number of amides is 1. The van der Waals surface area contributed by atoms with E-state index < -0.39 is 36.9 Å². The average molecular weight is 267 g/mol. The topological polar surface area (TPSA) is 59.0 Å². The number of morpholine rings is 1. The van der Waals surface area contributed by atoms with E-state index in [0.29, 0.717) is 0 Å². The average Bonchev–Trinajstić information content (AvgIpc) is 2.26. The first-order valence-corrected chi connectivity index (χ1v) is 5.75. The Morgan fingerprint density at radius 1 is 1.50 bits per heavy atom. The van der Waals surface area contributed by atoms with Crippen molar-refractivity contribution in [2.75, 3.05) is 19.7 Å². The first-order chi connectivity index (χ1) is 8.23. The molecule has 1 aliphatic heterocycles. The van der Waals surface area contributed by atoms with Gasteiger partial charge in [0.15, 0.2) is 0 Å². The molecule has 0 aromatic carbocycles. The molecule has 106 valence electrons. The van der Waals surface area contributed by atoms with Crippen LogP contribution in [0.4, 0.5) is 13.6 Å². The summed E-state index contributed by atoms with van der Waals surface area (Å²) >= 11 is 0. The third kappa shape index (κ3) is 4.38. The van der Waals surface area contributed by atoms with Gasteiger partial charge >= 0.3 is 6.09 Å². The summed E-state index contributed by atoms with van der Waals surface area (Å²) in [6, 6.07) is 0. The molecule has 0 unspecified atom stereocenters. The molecule has 2 atom stereocenters. The van der Waals surface area contributed by atoms with Crippen LogP contribution in [0.3, 0.4) is 0 Å². The monoisotopic (exact) mass is 267 g/mol. The minimum Gasteiger partial charge on any atom is -0.444 e. The van der Waals surface area contributed by atoms with Gasteiger partial charge in [0, 0.05) is 0 Å². The lowest BCUT2D eigenvalue weighted by molar-refractivity contribution is -0.149. The summed E-state index contributed by atoms with van der Waals surface area (Å²) in [5.74, 6) is 0. The Kier molecular flexibility index (Phi) is 4.86. The van der Waals surface area contributed by atoms with Crippen molar-refractivity contribution < 1.29 is 28.2 Å². The van der Waals surface area contributed by atoms with Crippen LogP contribution >= 0.6 is 0 Å². The van der Waals surface area contributed by atoms with Crippen molar-refractivity contribution in [3.63, 3.8) is 0 Å². The third-order valence-corrected chi connectivity index (χ3v) is 2.33. The quantitative estimate of drug-likeness (QED) is 0.818. The lowest BCUT2D eigenvalue weighted by Gasteiger charge is -2.37. The minimum absolute atomic E-state index is 0.0502. The molecule has 0 saturated carbocycles. The first kappa shape index (κ1) is 15.1. The maximum Gasteiger partial charge on any atom is 0.410 e. The molecule has 5 nitrogen and oxygen atoms in total. The van der Waals surface area contributed by atoms with Gasteiger partial charge in [-0.15, -0.1) is 0 Å². The third-order valence-electron chi connectivity index (χ3n) is 2.33. The SMILES string of the molecule is CC(C)(C)OC(=O)N1C[C@@H](CO)O[C@@H](C(F)F)C1. The summed E-state index contributed by atoms with van der Waals surface area (Å²) in [5, 5.41) is 8.97. The molecule has 1 N–H and O–H groups in total. The first-order valence-electron chi connectivity index (χ1n) is 5.75. The van der Waals surface area contributed by atoms with Crippen LogP contribution in [0, 0.1) is 0 Å². The molecule has 1 aliphatic rings. The molecule has 1 amide bonds. The number of hydrogen-bond acceptors (Lipinski definition) is 4. The van der Waals surface area contributed by atoms with Crippen LogP contribution in [0.5, 0.6) is 0 Å². The fourth-order valence-corrected chi connectivity index (χ4v) is 1.59. The Balaban J connectivity index is 2.66. The van der Waals surface area contributed by atoms with Crippen molar-refractivity contribution in [3.05, 3.63) is 0 Å². The number of rotatable bonds is 2. The number of hydrogen-bond donors (Lipinski definition) is 1. The van der Waals surface area contributed by atoms with Gasteiger partial charge in [-0.1, -0.05) is 0 Å². The van der Waals surface area contributed by atoms with Crippen LogP contribution in [0.15, 0.2) is 0 Å². The fourth-order valence-electron chi connectivity index (χ4n) is 1.59. The summed E-state index contributed by atoms with van der Waals surface area (Å²) in [6.45, 7) is 4.48. The van der Waals surface area contributed by atoms with Gasteiger partial charge < -0.3 is 19.5 Å². The number of alkyl halides is 2. The zero-order chi connectivity index (χ0) is 13.9. The predicted molar refractivity (Wildman–Crippen MR) is 59.6 cm³/mol. The lowest BCUT2D eigenvalue weighted by atomic mass is 10.2. The number of carbonyl (C=O) groups is 1. The Morgan fingerprint density at radius 3 is 2.56 bits per heavy atom. The molecule has 1 heterocycles. The van der Waals surface area contributed by atoms with Crippen LogP contribution in [0.2, 0.25) is 0 Å². The van der Waals surface area contributed by atoms with E-state index in [1.54, 1.807) is 20.8 Å². The Labute approximate surface area is 105 Å². The minimum atomic E-state index is -2.70. The highest BCUT2D eigenvalue weighted by molar-refractivity contribution is 5.68. The molecule has 0 aliphatic carbocycles. The van der Waals surface area contributed by atoms with E-state index in [2.05, 4.69) is 0 Å². The number of nitrogens with zero attached hydrogens (tertiary/aromatic N) is 1. The van der Waals surface area contributed by atoms with Crippen LogP contribution in [-0.2, 0) is 9.47 Å². The van der Waals surface area contributed by atoms with E-state index in [-0.39, 0.29) is 13.1 Å². The van der Waals surface area contributed by atoms with Gasteiger partial charge in [-0.05, 0) is 20.8 Å². The number of ether oxygens (including phenoxy) is 2. The standard InChI is InChI=1S/C11H19F2NO4/c1-11(2,3)18-10(16)14-4-7(6-15)17-8(5-14)9(12)13/h7-9,15H,4-6H2,1-3H3/t7-,8+/m0/s1. The van der Waals surface area contributed by atoms with E-state index in [1.165, 1.54) is 0 Å². The maximum atomic E-state index is 12.6. The molecule has 1 rings (SSSR count). The van der Waals surface area contributed by atoms with Crippen LogP contribution in [-0.4, -0.2) is 60.0 Å². The second-order valence-electron chi connectivity index (χ2n) is 5.20. The summed E-state index contributed by atoms with van der Waals surface area (Å²) in [5.41, 5.74) is -0.690. The summed E-state index contributed by atoms with van der Waals surface area (Å²) in [6.07, 6.45) is -5.56. The Morgan fingerprint density at radius 2 is 2.11 bits per heavy atom. The van der Waals surface area contributed by atoms with Crippen LogP contribution in [0.25, 0.3) is 0 Å². The van der Waals surface area contributed by atoms with Crippen molar-refractivity contribution in [3.8, 4) is 0 Å². The summed E-state index contributed by atoms with van der Waals surface area (Å²) in [7, 11) is 0. The van der Waals surface area contributed by atoms with E-state index in [9.17, 15) is 13.6 Å². The second kappa shape index (κ2) is 5.79. The fraction of sp³-hybridized carbons (Fsp3) is 0.909. The van der Waals surface area contributed by atoms with Crippen molar-refractivity contribution in [2.24, 2.45) is 0 Å². The van der Waals surface area contributed by atoms with Crippen molar-refractivity contribution >= 4 is 6.09 Å². The molecule has 7 heteroatoms. The van der Waals surface area contributed by atoms with Gasteiger partial charge in [0.25, 0.3) is 6.43 Å². The second-order valence-corrected chi connectivity index (χ2v) is 5.20. The largest absolute Gasteiger partial charge is 0.444 e. The summed E-state index contributed by atoms with van der Waals surface area (Å²) in [4.78, 5) is 12.9. The molecule has 0 aromatic heterocycles. The molecule has 0 spiro atoms. The maximum absolute atomic E-state index is 12.6. The van der Waals surface area contributed by atoms with Gasteiger partial charge in [0.05, 0.1) is 25.8 Å². The zero-order valence-corrected chi connectivity index (χ0v) is 10.7. The van der Waals surface area contributed by atoms with Crippen LogP contribution < -0.4 is 0 Å². The number of aliphatic hydroxyl groups excluding tert-OH is 1. The molecule has 0 radical (unpaired) electrons. The lowest BCUT2D eigenvalue weighted by Crippen LogP contribution is -2.54. The van der Waals surface area contributed by atoms with Gasteiger partial charge in [-0.3, -0.25) is 0 Å². The highest BCUT2D eigenvalue weighted by Gasteiger charge is 2.36. The van der Waals surface area contributed by atoms with E-state index in [1.807, 2.05) is 0 Å². The predicted octanol–water partition coefficient (Wildman–Crippen LogP) is 1.25. The van der Waals surface area contributed by atoms with Crippen molar-refractivity contribution in [2.45, 2.75) is 45.0 Å². The summed E-state index contributed by atoms with van der Waals surface area (Å²) < 4.78 is 35.3. The molecular formula is C11H19F2NO4. The number of aliphatic hydroxyl groups is 1. The number of carbonyl (C=O) groups excluding carboxylic acids is 1. The van der Waals surface area contributed by atoms with Gasteiger partial charge in [-0.2, -0.15) is 0 Å². The molecular weight excluding hydrogens is 248 g/mol. The van der Waals surface area contributed by atoms with Crippen LogP contribution in [0.1, 0.15) is 20.8 Å². The van der Waals surface area contributed by atoms with E-state index in [0.717, 1.165) is 4.90 Å². The van der Waals surface area contributed by atoms with Gasteiger partial charge in [-0.25, -0.2) is 13.6 Å². The normalized spacial score (nSPS) is 25.4. The zero-order valence-electron chi connectivity index (χ0n) is 10.7. The highest BCUT2D eigenvalue weighted by atomic mass is 19.3. The smallest absolute Gasteiger partial charge is 0.410 e. The van der Waals surface area contributed by atoms with E-state index >= 15 is 0 Å². The number of halogens is 2. The van der Waals surface area contributed by atoms with Crippen molar-refractivity contribution in [1.82, 2.24) is 4.90 Å². The molecule has 18 heavy (non-hydrogen) atoms. The molecule has 1 saturated heterocycles. The van der Waals surface area contributed by atoms with Gasteiger partial charge in [0.1, 0.15) is 11.7 Å². The van der Waals surface area contributed by atoms with Gasteiger partial charge in [0.2, 0.25) is 0 Å².